The van der Waals surface area contributed by atoms with Crippen LogP contribution in [-0.4, -0.2) is 66.0 Å². The van der Waals surface area contributed by atoms with Gasteiger partial charge in [0.2, 0.25) is 5.91 Å². The molecule has 1 aliphatic carbocycles. The number of rotatable bonds is 3. The molecule has 2 saturated heterocycles. The molecular weight excluding hydrogens is 381 g/mol. The number of pyridine rings is 1. The van der Waals surface area contributed by atoms with E-state index in [1.807, 2.05) is 4.90 Å². The average molecular weight is 410 g/mol. The van der Waals surface area contributed by atoms with Crippen LogP contribution in [0.2, 0.25) is 0 Å². The first kappa shape index (κ1) is 20.4. The lowest BCUT2D eigenvalue weighted by atomic mass is 9.78. The van der Waals surface area contributed by atoms with Crippen molar-refractivity contribution in [3.05, 3.63) is 23.9 Å². The number of carbonyl (C=O) groups excluding carboxylic acids is 1. The summed E-state index contributed by atoms with van der Waals surface area (Å²) in [7, 11) is 0. The molecule has 29 heavy (non-hydrogen) atoms. The zero-order valence-corrected chi connectivity index (χ0v) is 16.7. The molecule has 2 atom stereocenters. The van der Waals surface area contributed by atoms with Crippen molar-refractivity contribution in [1.82, 2.24) is 14.8 Å². The van der Waals surface area contributed by atoms with E-state index in [1.54, 1.807) is 0 Å². The molecule has 1 amide bonds. The van der Waals surface area contributed by atoms with Gasteiger partial charge in [-0.3, -0.25) is 9.69 Å². The van der Waals surface area contributed by atoms with E-state index in [9.17, 15) is 18.0 Å². The molecule has 3 aliphatic rings. The van der Waals surface area contributed by atoms with Crippen molar-refractivity contribution < 1.29 is 18.0 Å². The van der Waals surface area contributed by atoms with Gasteiger partial charge in [-0.05, 0) is 43.7 Å². The Bertz CT molecular complexity index is 699. The van der Waals surface area contributed by atoms with Crippen molar-refractivity contribution in [2.75, 3.05) is 44.2 Å². The van der Waals surface area contributed by atoms with Gasteiger partial charge in [0.1, 0.15) is 5.82 Å². The summed E-state index contributed by atoms with van der Waals surface area (Å²) in [5, 5.41) is 0. The highest BCUT2D eigenvalue weighted by Gasteiger charge is 2.36. The number of hydrogen-bond donors (Lipinski definition) is 0. The maximum absolute atomic E-state index is 13.0. The number of nitrogens with zero attached hydrogens (tertiary/aromatic N) is 4. The summed E-state index contributed by atoms with van der Waals surface area (Å²) in [6, 6.07) is 2.94. The highest BCUT2D eigenvalue weighted by atomic mass is 19.4. The van der Waals surface area contributed by atoms with Crippen LogP contribution >= 0.6 is 0 Å². The van der Waals surface area contributed by atoms with Gasteiger partial charge < -0.3 is 9.80 Å². The summed E-state index contributed by atoms with van der Waals surface area (Å²) >= 11 is 0. The molecule has 1 aromatic heterocycles. The van der Waals surface area contributed by atoms with Gasteiger partial charge in [-0.15, -0.1) is 0 Å². The lowest BCUT2D eigenvalue weighted by Crippen LogP contribution is -2.55. The third-order valence-electron chi connectivity index (χ3n) is 6.69. The molecule has 1 saturated carbocycles. The molecule has 0 spiro atoms. The standard InChI is InChI=1S/C21H29F3N4O/c22-21(23,24)17-7-8-19(25-14-17)27-12-10-26(11-13-27)15-20(29)28-9-3-5-16-4-1-2-6-18(16)28/h7-8,14,16,18H,1-6,9-13,15H2. The number of carbonyl (C=O) groups is 1. The van der Waals surface area contributed by atoms with Gasteiger partial charge in [-0.2, -0.15) is 13.2 Å². The quantitative estimate of drug-likeness (QED) is 0.766. The fourth-order valence-corrected chi connectivity index (χ4v) is 5.09. The van der Waals surface area contributed by atoms with Gasteiger partial charge in [-0.1, -0.05) is 12.8 Å². The summed E-state index contributed by atoms with van der Waals surface area (Å²) < 4.78 is 38.1. The summed E-state index contributed by atoms with van der Waals surface area (Å²) in [4.78, 5) is 23.2. The maximum Gasteiger partial charge on any atom is 0.417 e. The molecule has 2 aliphatic heterocycles. The minimum atomic E-state index is -4.36. The number of aromatic nitrogens is 1. The number of halogens is 3. The zero-order chi connectivity index (χ0) is 20.4. The first-order valence-electron chi connectivity index (χ1n) is 10.7. The maximum atomic E-state index is 13.0. The smallest absolute Gasteiger partial charge is 0.354 e. The molecule has 2 unspecified atom stereocenters. The Kier molecular flexibility index (Phi) is 5.99. The lowest BCUT2D eigenvalue weighted by Gasteiger charge is -2.45. The van der Waals surface area contributed by atoms with Crippen LogP contribution in [0.15, 0.2) is 18.3 Å². The number of piperidine rings is 1. The Morgan fingerprint density at radius 3 is 2.41 bits per heavy atom. The largest absolute Gasteiger partial charge is 0.417 e. The van der Waals surface area contributed by atoms with Crippen LogP contribution in [0.5, 0.6) is 0 Å². The van der Waals surface area contributed by atoms with E-state index in [1.165, 1.54) is 31.7 Å². The van der Waals surface area contributed by atoms with Crippen molar-refractivity contribution >= 4 is 11.7 Å². The van der Waals surface area contributed by atoms with Crippen LogP contribution in [0.4, 0.5) is 19.0 Å². The van der Waals surface area contributed by atoms with Crippen molar-refractivity contribution in [3.63, 3.8) is 0 Å². The normalized spacial score (nSPS) is 26.3. The molecule has 5 nitrogen and oxygen atoms in total. The van der Waals surface area contributed by atoms with Crippen LogP contribution in [0.1, 0.15) is 44.1 Å². The minimum absolute atomic E-state index is 0.239. The monoisotopic (exact) mass is 410 g/mol. The predicted molar refractivity (Wildman–Crippen MR) is 105 cm³/mol. The second-order valence-electron chi connectivity index (χ2n) is 8.51. The Balaban J connectivity index is 1.29. The molecular formula is C21H29F3N4O. The third kappa shape index (κ3) is 4.68. The second kappa shape index (κ2) is 8.50. The number of fused-ring (bicyclic) bond motifs is 1. The van der Waals surface area contributed by atoms with Gasteiger partial charge >= 0.3 is 6.18 Å². The molecule has 0 N–H and O–H groups in total. The van der Waals surface area contributed by atoms with Crippen molar-refractivity contribution in [2.45, 2.75) is 50.7 Å². The molecule has 4 rings (SSSR count). The molecule has 8 heteroatoms. The summed E-state index contributed by atoms with van der Waals surface area (Å²) in [6.45, 7) is 4.09. The predicted octanol–water partition coefficient (Wildman–Crippen LogP) is 3.40. The van der Waals surface area contributed by atoms with Crippen LogP contribution < -0.4 is 4.90 Å². The van der Waals surface area contributed by atoms with Crippen LogP contribution in [-0.2, 0) is 11.0 Å². The Morgan fingerprint density at radius 1 is 1.00 bits per heavy atom. The highest BCUT2D eigenvalue weighted by Crippen LogP contribution is 2.35. The summed E-state index contributed by atoms with van der Waals surface area (Å²) in [5.41, 5.74) is -0.729. The van der Waals surface area contributed by atoms with Crippen LogP contribution in [0.25, 0.3) is 0 Å². The van der Waals surface area contributed by atoms with Crippen molar-refractivity contribution in [2.24, 2.45) is 5.92 Å². The molecule has 3 heterocycles. The van der Waals surface area contributed by atoms with E-state index in [0.29, 0.717) is 37.4 Å². The van der Waals surface area contributed by atoms with E-state index in [2.05, 4.69) is 14.8 Å². The molecule has 0 bridgehead atoms. The molecule has 160 valence electrons. The van der Waals surface area contributed by atoms with Gasteiger partial charge in [0.15, 0.2) is 0 Å². The minimum Gasteiger partial charge on any atom is -0.354 e. The first-order chi connectivity index (χ1) is 13.9. The Morgan fingerprint density at radius 2 is 1.72 bits per heavy atom. The zero-order valence-electron chi connectivity index (χ0n) is 16.7. The number of anilines is 1. The van der Waals surface area contributed by atoms with E-state index >= 15 is 0 Å². The molecule has 1 aromatic rings. The average Bonchev–Trinajstić information content (AvgIpc) is 2.73. The Hall–Kier alpha value is -1.83. The number of hydrogen-bond acceptors (Lipinski definition) is 4. The third-order valence-corrected chi connectivity index (χ3v) is 6.69. The van der Waals surface area contributed by atoms with Crippen molar-refractivity contribution in [1.29, 1.82) is 0 Å². The first-order valence-corrected chi connectivity index (χ1v) is 10.7. The SMILES string of the molecule is O=C(CN1CCN(c2ccc(C(F)(F)F)cn2)CC1)N1CCCC2CCCCC21. The van der Waals surface area contributed by atoms with E-state index in [-0.39, 0.29) is 5.91 Å². The molecule has 0 radical (unpaired) electrons. The second-order valence-corrected chi connectivity index (χ2v) is 8.51. The van der Waals surface area contributed by atoms with Gasteiger partial charge in [0.25, 0.3) is 0 Å². The van der Waals surface area contributed by atoms with E-state index < -0.39 is 11.7 Å². The lowest BCUT2D eigenvalue weighted by molar-refractivity contribution is -0.139. The topological polar surface area (TPSA) is 39.7 Å². The number of alkyl halides is 3. The summed E-state index contributed by atoms with van der Waals surface area (Å²) in [6.07, 6.45) is 3.82. The van der Waals surface area contributed by atoms with Gasteiger partial charge in [0.05, 0.1) is 12.1 Å². The number of amides is 1. The Labute approximate surface area is 169 Å². The fraction of sp³-hybridized carbons (Fsp3) is 0.714. The van der Waals surface area contributed by atoms with Gasteiger partial charge in [-0.25, -0.2) is 4.98 Å². The van der Waals surface area contributed by atoms with Crippen molar-refractivity contribution in [3.8, 4) is 0 Å². The number of piperazine rings is 1. The molecule has 0 aromatic carbocycles. The van der Waals surface area contributed by atoms with E-state index in [4.69, 9.17) is 0 Å². The van der Waals surface area contributed by atoms with Gasteiger partial charge in [0, 0.05) is 45.0 Å². The van der Waals surface area contributed by atoms with Crippen LogP contribution in [0, 0.1) is 5.92 Å². The highest BCUT2D eigenvalue weighted by molar-refractivity contribution is 5.78. The molecule has 3 fully saturated rings. The fourth-order valence-electron chi connectivity index (χ4n) is 5.09. The van der Waals surface area contributed by atoms with Crippen LogP contribution in [0.3, 0.4) is 0 Å². The number of likely N-dealkylation sites (tertiary alicyclic amines) is 1. The van der Waals surface area contributed by atoms with E-state index in [0.717, 1.165) is 44.7 Å². The summed E-state index contributed by atoms with van der Waals surface area (Å²) in [5.74, 6) is 1.48.